The van der Waals surface area contributed by atoms with Crippen molar-refractivity contribution in [1.82, 2.24) is 4.48 Å². The Morgan fingerprint density at radius 3 is 1.81 bits per heavy atom. The topological polar surface area (TPSA) is 116 Å². The van der Waals surface area contributed by atoms with E-state index in [9.17, 15) is 19.0 Å². The van der Waals surface area contributed by atoms with E-state index in [1.54, 1.807) is 13.8 Å². The summed E-state index contributed by atoms with van der Waals surface area (Å²) >= 11 is 0. The minimum absolute atomic E-state index is 0.00297. The van der Waals surface area contributed by atoms with E-state index in [4.69, 9.17) is 18.5 Å². The molecule has 1 N–H and O–H groups in total. The van der Waals surface area contributed by atoms with Crippen LogP contribution in [0.15, 0.2) is 23.4 Å². The minimum atomic E-state index is -4.42. The number of aromatic nitrogens is 1. The summed E-state index contributed by atoms with van der Waals surface area (Å²) in [6, 6.07) is 1.87. The van der Waals surface area contributed by atoms with Gasteiger partial charge in [0.2, 0.25) is 0 Å². The summed E-state index contributed by atoms with van der Waals surface area (Å²) in [6.07, 6.45) is 25.1. The molecule has 1 unspecified atom stereocenters. The van der Waals surface area contributed by atoms with E-state index in [0.29, 0.717) is 40.2 Å². The standard InChI is InChI=1S/C48H83BF2N3O8P/c1-9-10-11-12-13-14-15-16-17-18-22-25-28-31-45(55)59-37-43(38-61-63(57,58)60-34-33-54(6,7)8)62-46(56)32-29-26-23-20-19-21-24-27-30-44-47-39(2)35-41(4)52(47)49(50,51)53-42(5)36-40(3)48(44)53/h35-36,43H,9-34,37-38H2,1-8H3/p+1/t43-/m1/s1. The molecule has 3 rings (SSSR count). The van der Waals surface area contributed by atoms with Crippen molar-refractivity contribution >= 4 is 38.0 Å². The van der Waals surface area contributed by atoms with Crippen molar-refractivity contribution in [2.75, 3.05) is 47.5 Å². The molecule has 63 heavy (non-hydrogen) atoms. The number of carbonyl (C=O) groups is 2. The van der Waals surface area contributed by atoms with Crippen LogP contribution >= 0.6 is 7.82 Å². The van der Waals surface area contributed by atoms with E-state index in [1.165, 1.54) is 73.2 Å². The van der Waals surface area contributed by atoms with Crippen LogP contribution in [0.25, 0.3) is 5.57 Å². The van der Waals surface area contributed by atoms with E-state index >= 15 is 8.63 Å². The third kappa shape index (κ3) is 19.4. The monoisotopic (exact) mass is 911 g/mol. The van der Waals surface area contributed by atoms with Gasteiger partial charge in [-0.05, 0) is 63.8 Å². The zero-order valence-electron chi connectivity index (χ0n) is 40.5. The van der Waals surface area contributed by atoms with E-state index < -0.39 is 39.4 Å². The smallest absolute Gasteiger partial charge is 0.462 e. The second-order valence-corrected chi connectivity index (χ2v) is 20.6. The third-order valence-corrected chi connectivity index (χ3v) is 13.2. The molecule has 360 valence electrons. The molecule has 11 nitrogen and oxygen atoms in total. The van der Waals surface area contributed by atoms with Crippen molar-refractivity contribution in [2.45, 2.75) is 195 Å². The van der Waals surface area contributed by atoms with E-state index in [-0.39, 0.29) is 26.1 Å². The van der Waals surface area contributed by atoms with E-state index in [0.717, 1.165) is 87.3 Å². The molecule has 2 aliphatic heterocycles. The summed E-state index contributed by atoms with van der Waals surface area (Å²) in [5, 5.41) is 0. The lowest BCUT2D eigenvalue weighted by Crippen LogP contribution is -2.51. The van der Waals surface area contributed by atoms with Crippen molar-refractivity contribution in [3.8, 4) is 0 Å². The average Bonchev–Trinajstić information content (AvgIpc) is 3.69. The molecular formula is C48H84BF2N3O8P+. The number of likely N-dealkylation sites (N-methyl/N-ethyl adjacent to an activating group) is 1. The van der Waals surface area contributed by atoms with E-state index in [2.05, 4.69) is 6.92 Å². The van der Waals surface area contributed by atoms with Crippen LogP contribution in [0.3, 0.4) is 0 Å². The summed E-state index contributed by atoms with van der Waals surface area (Å²) in [5.74, 6) is -0.883. The van der Waals surface area contributed by atoms with Crippen LogP contribution in [0.5, 0.6) is 0 Å². The molecule has 2 aliphatic rings. The Labute approximate surface area is 379 Å². The van der Waals surface area contributed by atoms with Gasteiger partial charge in [-0.25, -0.2) is 4.57 Å². The van der Waals surface area contributed by atoms with Gasteiger partial charge in [0.15, 0.2) is 11.8 Å². The van der Waals surface area contributed by atoms with Crippen LogP contribution in [0, 0.1) is 13.8 Å². The highest BCUT2D eigenvalue weighted by Crippen LogP contribution is 2.44. The fraction of sp³-hybridized carbons (Fsp3) is 0.771. The number of fused-ring (bicyclic) bond motifs is 2. The van der Waals surface area contributed by atoms with Gasteiger partial charge in [-0.1, -0.05) is 122 Å². The molecule has 0 spiro atoms. The fourth-order valence-corrected chi connectivity index (χ4v) is 9.59. The number of aryl methyl sites for hydroxylation is 2. The number of hydrogen-bond donors (Lipinski definition) is 1. The molecule has 0 fully saturated rings. The quantitative estimate of drug-likeness (QED) is 0.0235. The number of esters is 2. The van der Waals surface area contributed by atoms with Crippen LogP contribution < -0.4 is 0 Å². The van der Waals surface area contributed by atoms with Crippen LogP contribution in [0.1, 0.15) is 192 Å². The maximum absolute atomic E-state index is 15.8. The molecule has 15 heteroatoms. The predicted molar refractivity (Wildman–Crippen MR) is 251 cm³/mol. The molecular weight excluding hydrogens is 826 g/mol. The number of halogens is 2. The summed E-state index contributed by atoms with van der Waals surface area (Å²) in [6.45, 7) is 5.46. The third-order valence-electron chi connectivity index (χ3n) is 12.2. The van der Waals surface area contributed by atoms with Gasteiger partial charge in [-0.15, -0.1) is 0 Å². The molecule has 0 saturated heterocycles. The number of phosphoric ester groups is 1. The van der Waals surface area contributed by atoms with Gasteiger partial charge in [0.1, 0.15) is 25.5 Å². The normalized spacial score (nSPS) is 16.2. The molecule has 0 radical (unpaired) electrons. The number of allylic oxidation sites excluding steroid dienone is 3. The fourth-order valence-electron chi connectivity index (χ4n) is 8.85. The number of nitrogens with zero attached hydrogens (tertiary/aromatic N) is 3. The van der Waals surface area contributed by atoms with Gasteiger partial charge in [0, 0.05) is 42.7 Å². The summed E-state index contributed by atoms with van der Waals surface area (Å²) in [5.41, 5.74) is 5.34. The highest BCUT2D eigenvalue weighted by molar-refractivity contribution is 7.47. The number of phosphoric acid groups is 1. The Kier molecular flexibility index (Phi) is 24.1. The zero-order chi connectivity index (χ0) is 46.5. The maximum Gasteiger partial charge on any atom is 0.737 e. The van der Waals surface area contributed by atoms with Gasteiger partial charge in [0.25, 0.3) is 0 Å². The molecule has 1 aromatic rings. The number of ether oxygens (including phenoxy) is 2. The van der Waals surface area contributed by atoms with Crippen molar-refractivity contribution in [2.24, 2.45) is 0 Å². The number of rotatable bonds is 35. The predicted octanol–water partition coefficient (Wildman–Crippen LogP) is 12.2. The van der Waals surface area contributed by atoms with E-state index in [1.807, 2.05) is 47.1 Å². The number of hydrogen-bond acceptors (Lipinski definition) is 7. The Bertz CT molecular complexity index is 1740. The first-order valence-electron chi connectivity index (χ1n) is 24.4. The number of carbonyl (C=O) groups excluding carboxylic acids is 2. The molecule has 2 atom stereocenters. The largest absolute Gasteiger partial charge is 0.737 e. The molecule has 0 saturated carbocycles. The van der Waals surface area contributed by atoms with Crippen molar-refractivity contribution in [3.05, 3.63) is 40.4 Å². The summed E-state index contributed by atoms with van der Waals surface area (Å²) in [4.78, 5) is 35.7. The SMILES string of the molecule is CCCCCCCCCCCCCCCC(=O)OC[C@H](COP(=O)(O)OCC[N+](C)(C)C)OC(=O)CCCCCCCCCCC1=C2C(C)=CC(C)=[N+]2[B-](F)(F)n2c(C)cc(C)c21. The molecule has 3 heterocycles. The van der Waals surface area contributed by atoms with Crippen molar-refractivity contribution in [1.29, 1.82) is 0 Å². The Morgan fingerprint density at radius 2 is 1.27 bits per heavy atom. The first-order valence-corrected chi connectivity index (χ1v) is 25.9. The maximum atomic E-state index is 15.8. The molecule has 0 amide bonds. The van der Waals surface area contributed by atoms with Crippen molar-refractivity contribution in [3.63, 3.8) is 0 Å². The first kappa shape index (κ1) is 54.7. The number of unbranched alkanes of at least 4 members (excludes halogenated alkanes) is 19. The van der Waals surface area contributed by atoms with Gasteiger partial charge in [-0.3, -0.25) is 18.6 Å². The van der Waals surface area contributed by atoms with Crippen LogP contribution in [0.4, 0.5) is 8.63 Å². The lowest BCUT2D eigenvalue weighted by atomic mass is 9.84. The Morgan fingerprint density at radius 1 is 0.762 bits per heavy atom. The molecule has 0 aliphatic carbocycles. The Balaban J connectivity index is 1.34. The second kappa shape index (κ2) is 27.8. The molecule has 0 aromatic carbocycles. The van der Waals surface area contributed by atoms with Crippen LogP contribution in [-0.2, 0) is 32.7 Å². The second-order valence-electron chi connectivity index (χ2n) is 19.2. The van der Waals surface area contributed by atoms with Crippen LogP contribution in [-0.4, -0.2) is 96.6 Å². The first-order chi connectivity index (χ1) is 29.9. The van der Waals surface area contributed by atoms with Gasteiger partial charge < -0.3 is 36.4 Å². The summed E-state index contributed by atoms with van der Waals surface area (Å²) < 4.78 is 68.7. The zero-order valence-corrected chi connectivity index (χ0v) is 41.4. The molecule has 0 bridgehead atoms. The van der Waals surface area contributed by atoms with Gasteiger partial charge in [0.05, 0.1) is 27.7 Å². The molecule has 1 aromatic heterocycles. The minimum Gasteiger partial charge on any atom is -0.462 e. The lowest BCUT2D eigenvalue weighted by molar-refractivity contribution is -0.870. The average molecular weight is 911 g/mol. The van der Waals surface area contributed by atoms with Gasteiger partial charge in [-0.2, -0.15) is 0 Å². The van der Waals surface area contributed by atoms with Gasteiger partial charge >= 0.3 is 26.7 Å². The summed E-state index contributed by atoms with van der Waals surface area (Å²) in [7, 11) is 1.38. The van der Waals surface area contributed by atoms with Crippen LogP contribution in [0.2, 0.25) is 0 Å². The highest BCUT2D eigenvalue weighted by Gasteiger charge is 2.54. The highest BCUT2D eigenvalue weighted by atomic mass is 31.2. The lowest BCUT2D eigenvalue weighted by Gasteiger charge is -2.34. The van der Waals surface area contributed by atoms with Crippen molar-refractivity contribution < 1.29 is 55.2 Å². The Hall–Kier alpha value is -2.64. The number of quaternary nitrogens is 1.